The number of carbonyl (C=O) groups is 1. The molecule has 4 heteroatoms. The molecule has 0 bridgehead atoms. The van der Waals surface area contributed by atoms with Crippen LogP contribution < -0.4 is 0 Å². The van der Waals surface area contributed by atoms with Crippen molar-refractivity contribution in [3.63, 3.8) is 0 Å². The topological polar surface area (TPSA) is 46.5 Å². The molecule has 0 radical (unpaired) electrons. The molecule has 0 aromatic heterocycles. The Labute approximate surface area is 201 Å². The predicted octanol–water partition coefficient (Wildman–Crippen LogP) is 7.05. The number of benzene rings is 3. The van der Waals surface area contributed by atoms with E-state index in [0.717, 1.165) is 28.7 Å². The van der Waals surface area contributed by atoms with Crippen LogP contribution in [0.3, 0.4) is 0 Å². The van der Waals surface area contributed by atoms with Gasteiger partial charge < -0.3 is 9.84 Å². The van der Waals surface area contributed by atoms with E-state index in [-0.39, 0.29) is 19.0 Å². The van der Waals surface area contributed by atoms with E-state index in [4.69, 9.17) is 4.74 Å². The highest BCUT2D eigenvalue weighted by Gasteiger charge is 2.12. The average molecular weight is 461 g/mol. The minimum Gasteiger partial charge on any atom is -0.462 e. The third kappa shape index (κ3) is 6.64. The number of unbranched alkanes of at least 4 members (excludes halogenated alkanes) is 2. The Balaban J connectivity index is 1.77. The normalized spacial score (nSPS) is 10.8. The lowest BCUT2D eigenvalue weighted by molar-refractivity contribution is -0.138. The average Bonchev–Trinajstić information content (AvgIpc) is 2.84. The predicted molar refractivity (Wildman–Crippen MR) is 136 cm³/mol. The van der Waals surface area contributed by atoms with Crippen LogP contribution in [-0.4, -0.2) is 17.7 Å². The van der Waals surface area contributed by atoms with Gasteiger partial charge in [0.05, 0.1) is 13.2 Å². The first kappa shape index (κ1) is 25.4. The lowest BCUT2D eigenvalue weighted by Crippen LogP contribution is -2.09. The van der Waals surface area contributed by atoms with Crippen LogP contribution in [0.4, 0.5) is 4.39 Å². The molecule has 0 aliphatic rings. The number of hydrogen-bond acceptors (Lipinski definition) is 3. The molecular weight excluding hydrogens is 427 g/mol. The summed E-state index contributed by atoms with van der Waals surface area (Å²) in [6, 6.07) is 19.1. The summed E-state index contributed by atoms with van der Waals surface area (Å²) in [5.41, 5.74) is 6.21. The standard InChI is InChI=1S/C30H33FO3/c1-4-5-6-7-22-8-10-23(11-9-22)24-14-15-28(29(31)19-24)26-12-13-27(20-32)25(18-26)16-17-34-30(33)21(2)3/h8-15,18-19,32H,2,4-7,16-17,20H2,1,3H3. The Morgan fingerprint density at radius 1 is 0.912 bits per heavy atom. The van der Waals surface area contributed by atoms with Crippen molar-refractivity contribution in [2.24, 2.45) is 0 Å². The maximum absolute atomic E-state index is 15.1. The lowest BCUT2D eigenvalue weighted by atomic mass is 9.95. The Morgan fingerprint density at radius 2 is 1.62 bits per heavy atom. The maximum Gasteiger partial charge on any atom is 0.333 e. The van der Waals surface area contributed by atoms with Gasteiger partial charge in [0.25, 0.3) is 0 Å². The van der Waals surface area contributed by atoms with E-state index in [1.807, 2.05) is 12.1 Å². The second kappa shape index (κ2) is 12.3. The van der Waals surface area contributed by atoms with Crippen molar-refractivity contribution in [3.8, 4) is 22.3 Å². The molecule has 178 valence electrons. The molecule has 0 amide bonds. The molecule has 0 aliphatic heterocycles. The highest BCUT2D eigenvalue weighted by molar-refractivity contribution is 5.86. The van der Waals surface area contributed by atoms with Crippen molar-refractivity contribution in [1.29, 1.82) is 0 Å². The van der Waals surface area contributed by atoms with Crippen molar-refractivity contribution < 1.29 is 19.0 Å². The van der Waals surface area contributed by atoms with E-state index >= 15 is 4.39 Å². The zero-order valence-electron chi connectivity index (χ0n) is 20.1. The van der Waals surface area contributed by atoms with Crippen LogP contribution >= 0.6 is 0 Å². The number of aliphatic hydroxyl groups excluding tert-OH is 1. The SMILES string of the molecule is C=C(C)C(=O)OCCc1cc(-c2ccc(-c3ccc(CCCCC)cc3)cc2F)ccc1CO. The molecule has 0 fully saturated rings. The smallest absolute Gasteiger partial charge is 0.333 e. The van der Waals surface area contributed by atoms with Crippen LogP contribution in [0.15, 0.2) is 72.8 Å². The molecule has 0 spiro atoms. The van der Waals surface area contributed by atoms with E-state index in [1.54, 1.807) is 31.2 Å². The molecule has 0 unspecified atom stereocenters. The number of carbonyl (C=O) groups excluding carboxylic acids is 1. The molecule has 0 atom stereocenters. The number of aryl methyl sites for hydroxylation is 1. The minimum atomic E-state index is -0.447. The van der Waals surface area contributed by atoms with Crippen molar-refractivity contribution in [3.05, 3.63) is 95.3 Å². The Bertz CT molecular complexity index is 1130. The summed E-state index contributed by atoms with van der Waals surface area (Å²) in [6.45, 7) is 7.39. The molecule has 3 aromatic rings. The molecule has 0 aliphatic carbocycles. The van der Waals surface area contributed by atoms with Crippen LogP contribution in [0, 0.1) is 5.82 Å². The molecule has 34 heavy (non-hydrogen) atoms. The van der Waals surface area contributed by atoms with Gasteiger partial charge in [0.1, 0.15) is 5.82 Å². The molecule has 3 rings (SSSR count). The highest BCUT2D eigenvalue weighted by Crippen LogP contribution is 2.30. The fourth-order valence-electron chi connectivity index (χ4n) is 3.93. The lowest BCUT2D eigenvalue weighted by Gasteiger charge is -2.13. The van der Waals surface area contributed by atoms with E-state index in [0.29, 0.717) is 23.1 Å². The Morgan fingerprint density at radius 3 is 2.26 bits per heavy atom. The molecule has 0 heterocycles. The van der Waals surface area contributed by atoms with E-state index in [2.05, 4.69) is 37.8 Å². The quantitative estimate of drug-likeness (QED) is 0.189. The summed E-state index contributed by atoms with van der Waals surface area (Å²) in [5.74, 6) is -0.752. The second-order valence-corrected chi connectivity index (χ2v) is 8.66. The zero-order valence-corrected chi connectivity index (χ0v) is 20.1. The third-order valence-corrected chi connectivity index (χ3v) is 5.97. The van der Waals surface area contributed by atoms with Gasteiger partial charge in [0.2, 0.25) is 0 Å². The molecule has 3 nitrogen and oxygen atoms in total. The molecular formula is C30H33FO3. The van der Waals surface area contributed by atoms with Gasteiger partial charge in [-0.05, 0) is 59.2 Å². The number of hydrogen-bond donors (Lipinski definition) is 1. The van der Waals surface area contributed by atoms with Gasteiger partial charge in [0.15, 0.2) is 0 Å². The van der Waals surface area contributed by atoms with Crippen molar-refractivity contribution in [2.45, 2.75) is 52.6 Å². The van der Waals surface area contributed by atoms with Crippen LogP contribution in [0.5, 0.6) is 0 Å². The fraction of sp³-hybridized carbons (Fsp3) is 0.300. The summed E-state index contributed by atoms with van der Waals surface area (Å²) in [6.07, 6.45) is 5.12. The van der Waals surface area contributed by atoms with Gasteiger partial charge in [-0.1, -0.05) is 80.9 Å². The van der Waals surface area contributed by atoms with Gasteiger partial charge in [-0.3, -0.25) is 0 Å². The Kier molecular flexibility index (Phi) is 9.17. The van der Waals surface area contributed by atoms with Crippen molar-refractivity contribution >= 4 is 5.97 Å². The minimum absolute atomic E-state index is 0.139. The van der Waals surface area contributed by atoms with Gasteiger partial charge in [-0.15, -0.1) is 0 Å². The second-order valence-electron chi connectivity index (χ2n) is 8.66. The first-order valence-corrected chi connectivity index (χ1v) is 11.9. The zero-order chi connectivity index (χ0) is 24.5. The number of aliphatic hydroxyl groups is 1. The summed E-state index contributed by atoms with van der Waals surface area (Å²) in [4.78, 5) is 11.6. The summed E-state index contributed by atoms with van der Waals surface area (Å²) in [5, 5.41) is 9.68. The van der Waals surface area contributed by atoms with E-state index < -0.39 is 5.97 Å². The van der Waals surface area contributed by atoms with Crippen molar-refractivity contribution in [1.82, 2.24) is 0 Å². The fourth-order valence-corrected chi connectivity index (χ4v) is 3.93. The number of esters is 1. The monoisotopic (exact) mass is 460 g/mol. The van der Waals surface area contributed by atoms with Gasteiger partial charge in [-0.2, -0.15) is 0 Å². The molecule has 3 aromatic carbocycles. The molecule has 0 saturated heterocycles. The number of rotatable bonds is 11. The summed E-state index contributed by atoms with van der Waals surface area (Å²) < 4.78 is 20.3. The maximum atomic E-state index is 15.1. The third-order valence-electron chi connectivity index (χ3n) is 5.97. The number of ether oxygens (including phenoxy) is 1. The highest BCUT2D eigenvalue weighted by atomic mass is 19.1. The van der Waals surface area contributed by atoms with Gasteiger partial charge in [-0.25, -0.2) is 9.18 Å². The van der Waals surface area contributed by atoms with Gasteiger partial charge >= 0.3 is 5.97 Å². The summed E-state index contributed by atoms with van der Waals surface area (Å²) in [7, 11) is 0. The van der Waals surface area contributed by atoms with Crippen LogP contribution in [0.2, 0.25) is 0 Å². The largest absolute Gasteiger partial charge is 0.462 e. The molecule has 1 N–H and O–H groups in total. The number of halogens is 1. The molecule has 0 saturated carbocycles. The van der Waals surface area contributed by atoms with Crippen LogP contribution in [0.1, 0.15) is 49.8 Å². The van der Waals surface area contributed by atoms with E-state index in [9.17, 15) is 9.90 Å². The first-order chi connectivity index (χ1) is 16.4. The first-order valence-electron chi connectivity index (χ1n) is 11.9. The summed E-state index contributed by atoms with van der Waals surface area (Å²) >= 11 is 0. The van der Waals surface area contributed by atoms with Crippen LogP contribution in [-0.2, 0) is 29.0 Å². The Hall–Kier alpha value is -3.24. The van der Waals surface area contributed by atoms with Crippen LogP contribution in [0.25, 0.3) is 22.3 Å². The van der Waals surface area contributed by atoms with E-state index in [1.165, 1.54) is 24.8 Å². The van der Waals surface area contributed by atoms with Crippen molar-refractivity contribution in [2.75, 3.05) is 6.61 Å². The van der Waals surface area contributed by atoms with Gasteiger partial charge in [0, 0.05) is 17.6 Å².